The molecule has 1 fully saturated rings. The number of halogens is 1. The first-order valence-corrected chi connectivity index (χ1v) is 15.4. The molecule has 9 nitrogen and oxygen atoms in total. The summed E-state index contributed by atoms with van der Waals surface area (Å²) in [5.74, 6) is 2.27. The Hall–Kier alpha value is -3.95. The van der Waals surface area contributed by atoms with Crippen molar-refractivity contribution in [3.05, 3.63) is 76.8 Å². The van der Waals surface area contributed by atoms with Crippen LogP contribution in [-0.4, -0.2) is 85.9 Å². The number of para-hydroxylation sites is 2. The molecule has 10 heteroatoms. The summed E-state index contributed by atoms with van der Waals surface area (Å²) < 4.78 is 18.5. The van der Waals surface area contributed by atoms with Gasteiger partial charge >= 0.3 is 0 Å². The van der Waals surface area contributed by atoms with Gasteiger partial charge in [0.2, 0.25) is 11.7 Å². The first-order valence-electron chi connectivity index (χ1n) is 15.0. The monoisotopic (exact) mass is 619 g/mol. The fourth-order valence-corrected chi connectivity index (χ4v) is 6.26. The van der Waals surface area contributed by atoms with E-state index in [0.29, 0.717) is 40.4 Å². The van der Waals surface area contributed by atoms with Crippen molar-refractivity contribution in [1.29, 1.82) is 0 Å². The van der Waals surface area contributed by atoms with E-state index in [0.717, 1.165) is 61.4 Å². The zero-order valence-electron chi connectivity index (χ0n) is 26.2. The average Bonchev–Trinajstić information content (AvgIpc) is 3.36. The maximum absolute atomic E-state index is 13.6. The normalized spacial score (nSPS) is 14.8. The highest BCUT2D eigenvalue weighted by atomic mass is 35.5. The van der Waals surface area contributed by atoms with Gasteiger partial charge in [-0.25, -0.2) is 4.98 Å². The summed E-state index contributed by atoms with van der Waals surface area (Å²) >= 11 is 6.40. The van der Waals surface area contributed by atoms with Gasteiger partial charge in [-0.1, -0.05) is 35.9 Å². The van der Waals surface area contributed by atoms with E-state index in [9.17, 15) is 4.79 Å². The second-order valence-corrected chi connectivity index (χ2v) is 11.8. The summed E-state index contributed by atoms with van der Waals surface area (Å²) in [6.45, 7) is 3.48. The predicted octanol–water partition coefficient (Wildman–Crippen LogP) is 6.07. The van der Waals surface area contributed by atoms with E-state index in [1.807, 2.05) is 37.4 Å². The van der Waals surface area contributed by atoms with E-state index in [1.54, 1.807) is 38.4 Å². The number of benzene rings is 3. The number of nitrogens with one attached hydrogen (secondary N) is 1. The number of piperidine rings is 1. The summed E-state index contributed by atoms with van der Waals surface area (Å²) in [7, 11) is 8.53. The van der Waals surface area contributed by atoms with Gasteiger partial charge in [-0.15, -0.1) is 0 Å². The van der Waals surface area contributed by atoms with Crippen molar-refractivity contribution < 1.29 is 19.0 Å². The zero-order chi connectivity index (χ0) is 31.2. The molecule has 1 atom stereocenters. The molecule has 3 aromatic carbocycles. The van der Waals surface area contributed by atoms with Crippen molar-refractivity contribution in [3.8, 4) is 17.2 Å². The number of carbonyl (C=O) groups excluding carboxylic acids is 1. The summed E-state index contributed by atoms with van der Waals surface area (Å²) in [4.78, 5) is 22.7. The number of rotatable bonds is 12. The van der Waals surface area contributed by atoms with Gasteiger partial charge in [0.05, 0.1) is 32.4 Å². The SMILES string of the molecule is COc1cc(C(=O)N(C)CC(CCN2CCC(Nc3nc4ccccc4n3C)CC2)c2cccc(Cl)c2)cc(OC)c1OC. The summed E-state index contributed by atoms with van der Waals surface area (Å²) in [6, 6.07) is 20.0. The number of hydrogen-bond acceptors (Lipinski definition) is 7. The van der Waals surface area contributed by atoms with Gasteiger partial charge in [-0.2, -0.15) is 0 Å². The number of fused-ring (bicyclic) bond motifs is 1. The highest BCUT2D eigenvalue weighted by Gasteiger charge is 2.25. The Labute approximate surface area is 264 Å². The van der Waals surface area contributed by atoms with Crippen LogP contribution >= 0.6 is 11.6 Å². The van der Waals surface area contributed by atoms with Gasteiger partial charge in [-0.3, -0.25) is 4.79 Å². The second kappa shape index (κ2) is 14.2. The molecule has 1 aliphatic rings. The van der Waals surface area contributed by atoms with Gasteiger partial charge < -0.3 is 33.9 Å². The summed E-state index contributed by atoms with van der Waals surface area (Å²) in [5, 5.41) is 4.37. The topological polar surface area (TPSA) is 81.1 Å². The Morgan fingerprint density at radius 3 is 2.36 bits per heavy atom. The minimum atomic E-state index is -0.120. The molecule has 1 aromatic heterocycles. The van der Waals surface area contributed by atoms with Crippen LogP contribution in [0.4, 0.5) is 5.95 Å². The number of aromatic nitrogens is 2. The van der Waals surface area contributed by atoms with E-state index in [4.69, 9.17) is 30.8 Å². The molecule has 5 rings (SSSR count). The van der Waals surface area contributed by atoms with Gasteiger partial charge in [0.25, 0.3) is 5.91 Å². The van der Waals surface area contributed by atoms with E-state index in [1.165, 1.54) is 0 Å². The van der Waals surface area contributed by atoms with E-state index >= 15 is 0 Å². The molecular formula is C34H42ClN5O4. The molecular weight excluding hydrogens is 578 g/mol. The average molecular weight is 620 g/mol. The lowest BCUT2D eigenvalue weighted by molar-refractivity contribution is 0.0781. The quantitative estimate of drug-likeness (QED) is 0.206. The largest absolute Gasteiger partial charge is 0.493 e. The maximum Gasteiger partial charge on any atom is 0.253 e. The minimum absolute atomic E-state index is 0.112. The number of carbonyl (C=O) groups is 1. The number of likely N-dealkylation sites (N-methyl/N-ethyl adjacent to an activating group) is 1. The molecule has 1 amide bonds. The third kappa shape index (κ3) is 7.05. The number of hydrogen-bond donors (Lipinski definition) is 1. The Kier molecular flexibility index (Phi) is 10.2. The summed E-state index contributed by atoms with van der Waals surface area (Å²) in [5.41, 5.74) is 3.74. The molecule has 0 radical (unpaired) electrons. The van der Waals surface area contributed by atoms with Crippen LogP contribution in [0.2, 0.25) is 5.02 Å². The van der Waals surface area contributed by atoms with Crippen molar-refractivity contribution in [1.82, 2.24) is 19.4 Å². The second-order valence-electron chi connectivity index (χ2n) is 11.4. The Balaban J connectivity index is 1.22. The van der Waals surface area contributed by atoms with E-state index in [2.05, 4.69) is 40.0 Å². The molecule has 0 bridgehead atoms. The first kappa shape index (κ1) is 31.5. The molecule has 1 aliphatic heterocycles. The fraction of sp³-hybridized carbons (Fsp3) is 0.412. The smallest absolute Gasteiger partial charge is 0.253 e. The number of imidazole rings is 1. The number of anilines is 1. The van der Waals surface area contributed by atoms with Crippen molar-refractivity contribution >= 4 is 34.5 Å². The maximum atomic E-state index is 13.6. The van der Waals surface area contributed by atoms with Gasteiger partial charge in [0.15, 0.2) is 11.5 Å². The molecule has 0 spiro atoms. The molecule has 1 saturated heterocycles. The van der Waals surface area contributed by atoms with Crippen LogP contribution in [0.15, 0.2) is 60.7 Å². The number of amides is 1. The number of nitrogens with zero attached hydrogens (tertiary/aromatic N) is 4. The summed E-state index contributed by atoms with van der Waals surface area (Å²) in [6.07, 6.45) is 2.99. The lowest BCUT2D eigenvalue weighted by atomic mass is 9.94. The van der Waals surface area contributed by atoms with Crippen LogP contribution in [0.3, 0.4) is 0 Å². The number of ether oxygens (including phenoxy) is 3. The van der Waals surface area contributed by atoms with Gasteiger partial charge in [0.1, 0.15) is 0 Å². The lowest BCUT2D eigenvalue weighted by Crippen LogP contribution is -2.40. The lowest BCUT2D eigenvalue weighted by Gasteiger charge is -2.34. The molecule has 0 saturated carbocycles. The molecule has 44 heavy (non-hydrogen) atoms. The van der Waals surface area contributed by atoms with Crippen molar-refractivity contribution in [3.63, 3.8) is 0 Å². The molecule has 4 aromatic rings. The minimum Gasteiger partial charge on any atom is -0.493 e. The third-order valence-corrected chi connectivity index (χ3v) is 8.81. The van der Waals surface area contributed by atoms with Crippen molar-refractivity contribution in [2.24, 2.45) is 7.05 Å². The number of aryl methyl sites for hydroxylation is 1. The molecule has 0 aliphatic carbocycles. The van der Waals surface area contributed by atoms with Crippen LogP contribution in [0.5, 0.6) is 17.2 Å². The van der Waals surface area contributed by atoms with E-state index in [-0.39, 0.29) is 11.8 Å². The Morgan fingerprint density at radius 1 is 1.02 bits per heavy atom. The van der Waals surface area contributed by atoms with Crippen LogP contribution in [-0.2, 0) is 7.05 Å². The van der Waals surface area contributed by atoms with Crippen LogP contribution in [0, 0.1) is 0 Å². The fourth-order valence-electron chi connectivity index (χ4n) is 6.06. The molecule has 234 valence electrons. The molecule has 2 heterocycles. The highest BCUT2D eigenvalue weighted by molar-refractivity contribution is 6.30. The Bertz CT molecular complexity index is 1560. The van der Waals surface area contributed by atoms with E-state index < -0.39 is 0 Å². The standard InChI is InChI=1S/C34H42ClN5O4/c1-38(33(41)25-20-30(42-3)32(44-5)31(21-25)43-4)22-24(23-9-8-10-26(35)19-23)13-16-40-17-14-27(15-18-40)36-34-37-28-11-6-7-12-29(28)39(34)2/h6-12,19-21,24,27H,13-18,22H2,1-5H3,(H,36,37). The number of likely N-dealkylation sites (tertiary alicyclic amines) is 1. The number of methoxy groups -OCH3 is 3. The van der Waals surface area contributed by atoms with Crippen molar-refractivity contribution in [2.45, 2.75) is 31.2 Å². The van der Waals surface area contributed by atoms with Gasteiger partial charge in [0, 0.05) is 56.3 Å². The highest BCUT2D eigenvalue weighted by Crippen LogP contribution is 2.38. The predicted molar refractivity (Wildman–Crippen MR) is 176 cm³/mol. The van der Waals surface area contributed by atoms with Gasteiger partial charge in [-0.05, 0) is 67.8 Å². The Morgan fingerprint density at radius 2 is 1.73 bits per heavy atom. The zero-order valence-corrected chi connectivity index (χ0v) is 26.9. The van der Waals surface area contributed by atoms with Crippen LogP contribution in [0.1, 0.15) is 41.1 Å². The van der Waals surface area contributed by atoms with Crippen molar-refractivity contribution in [2.75, 3.05) is 59.9 Å². The molecule has 1 unspecified atom stereocenters. The van der Waals surface area contributed by atoms with Crippen LogP contribution < -0.4 is 19.5 Å². The third-order valence-electron chi connectivity index (χ3n) is 8.57. The van der Waals surface area contributed by atoms with Crippen LogP contribution in [0.25, 0.3) is 11.0 Å². The molecule has 1 N–H and O–H groups in total. The first-order chi connectivity index (χ1) is 21.3.